The molecule has 0 radical (unpaired) electrons. The lowest BCUT2D eigenvalue weighted by atomic mass is 10.0. The van der Waals surface area contributed by atoms with Crippen LogP contribution in [-0.4, -0.2) is 13.5 Å². The van der Waals surface area contributed by atoms with Crippen LogP contribution >= 0.6 is 0 Å². The summed E-state index contributed by atoms with van der Waals surface area (Å²) < 4.78 is 46.6. The molecule has 0 heterocycles. The summed E-state index contributed by atoms with van der Waals surface area (Å²) in [6, 6.07) is 10.7. The molecular weight excluding hydrogens is 281 g/mol. The highest BCUT2D eigenvalue weighted by molar-refractivity contribution is 5.73. The number of terminal acetylenes is 1. The zero-order chi connectivity index (χ0) is 15.5. The van der Waals surface area contributed by atoms with E-state index in [-0.39, 0.29) is 11.3 Å². The molecule has 2 rings (SSSR count). The molecule has 0 amide bonds. The van der Waals surface area contributed by atoms with Crippen molar-refractivity contribution in [1.29, 1.82) is 0 Å². The summed E-state index contributed by atoms with van der Waals surface area (Å²) in [5.74, 6) is 2.60. The van der Waals surface area contributed by atoms with Gasteiger partial charge in [-0.1, -0.05) is 18.1 Å². The summed E-state index contributed by atoms with van der Waals surface area (Å²) in [6.45, 7) is 0. The molecule has 0 saturated carbocycles. The zero-order valence-electron chi connectivity index (χ0n) is 11.1. The van der Waals surface area contributed by atoms with E-state index < -0.39 is 6.36 Å². The summed E-state index contributed by atoms with van der Waals surface area (Å²) in [7, 11) is 1.48. The van der Waals surface area contributed by atoms with Crippen LogP contribution < -0.4 is 9.47 Å². The molecule has 0 aliphatic carbocycles. The molecule has 5 heteroatoms. The van der Waals surface area contributed by atoms with Crippen LogP contribution in [0, 0.1) is 12.3 Å². The molecule has 0 saturated heterocycles. The van der Waals surface area contributed by atoms with Gasteiger partial charge in [-0.25, -0.2) is 0 Å². The second-order valence-electron chi connectivity index (χ2n) is 4.14. The lowest BCUT2D eigenvalue weighted by molar-refractivity contribution is -0.274. The van der Waals surface area contributed by atoms with Gasteiger partial charge in [0.1, 0.15) is 11.5 Å². The Balaban J connectivity index is 2.55. The first-order valence-corrected chi connectivity index (χ1v) is 5.94. The number of hydrogen-bond donors (Lipinski definition) is 0. The van der Waals surface area contributed by atoms with Gasteiger partial charge in [-0.05, 0) is 35.9 Å². The predicted octanol–water partition coefficient (Wildman–Crippen LogP) is 4.24. The van der Waals surface area contributed by atoms with Crippen molar-refractivity contribution in [2.45, 2.75) is 6.36 Å². The van der Waals surface area contributed by atoms with Gasteiger partial charge in [0.15, 0.2) is 0 Å². The Bertz CT molecular complexity index is 685. The van der Waals surface area contributed by atoms with Crippen LogP contribution in [0.5, 0.6) is 11.5 Å². The van der Waals surface area contributed by atoms with Crippen molar-refractivity contribution in [3.63, 3.8) is 0 Å². The maximum Gasteiger partial charge on any atom is 0.573 e. The molecule has 0 spiro atoms. The lowest BCUT2D eigenvalue weighted by Crippen LogP contribution is -2.17. The van der Waals surface area contributed by atoms with Gasteiger partial charge in [0.25, 0.3) is 0 Å². The van der Waals surface area contributed by atoms with Crippen LogP contribution in [0.1, 0.15) is 5.56 Å². The number of ether oxygens (including phenoxy) is 2. The van der Waals surface area contributed by atoms with E-state index in [4.69, 9.17) is 11.2 Å². The molecule has 2 nitrogen and oxygen atoms in total. The second-order valence-corrected chi connectivity index (χ2v) is 4.14. The topological polar surface area (TPSA) is 18.5 Å². The van der Waals surface area contributed by atoms with E-state index in [9.17, 15) is 13.2 Å². The third kappa shape index (κ3) is 3.69. The number of hydrogen-bond acceptors (Lipinski definition) is 2. The number of rotatable bonds is 3. The highest BCUT2D eigenvalue weighted by Crippen LogP contribution is 2.35. The molecule has 0 bridgehead atoms. The molecule has 0 unspecified atom stereocenters. The van der Waals surface area contributed by atoms with Crippen molar-refractivity contribution in [2.24, 2.45) is 0 Å². The van der Waals surface area contributed by atoms with Crippen LogP contribution in [0.4, 0.5) is 13.2 Å². The summed E-state index contributed by atoms with van der Waals surface area (Å²) in [6.07, 6.45) is 0.520. The molecule has 0 aliphatic heterocycles. The Hall–Kier alpha value is -2.61. The van der Waals surface area contributed by atoms with Gasteiger partial charge >= 0.3 is 6.36 Å². The van der Waals surface area contributed by atoms with E-state index in [1.54, 1.807) is 24.3 Å². The minimum Gasteiger partial charge on any atom is -0.497 e. The molecule has 21 heavy (non-hydrogen) atoms. The van der Waals surface area contributed by atoms with E-state index >= 15 is 0 Å². The monoisotopic (exact) mass is 292 g/mol. The Kier molecular flexibility index (Phi) is 4.08. The normalized spacial score (nSPS) is 10.8. The molecule has 2 aromatic carbocycles. The smallest absolute Gasteiger partial charge is 0.497 e. The van der Waals surface area contributed by atoms with Gasteiger partial charge in [-0.3, -0.25) is 0 Å². The standard InChI is InChI=1S/C16H11F3O2/c1-3-11-7-8-15(21-16(17,18)19)14(9-11)12-5-4-6-13(10-12)20-2/h1,4-10H,2H3. The molecule has 0 atom stereocenters. The second kappa shape index (κ2) is 5.80. The zero-order valence-corrected chi connectivity index (χ0v) is 11.1. The van der Waals surface area contributed by atoms with Crippen LogP contribution in [0.15, 0.2) is 42.5 Å². The SMILES string of the molecule is C#Cc1ccc(OC(F)(F)F)c(-c2cccc(OC)c2)c1. The van der Waals surface area contributed by atoms with Crippen molar-refractivity contribution >= 4 is 0 Å². The Labute approximate surface area is 120 Å². The third-order valence-electron chi connectivity index (χ3n) is 2.75. The maximum atomic E-state index is 12.5. The fourth-order valence-electron chi connectivity index (χ4n) is 1.85. The average Bonchev–Trinajstić information content (AvgIpc) is 2.46. The molecule has 0 aliphatic rings. The molecule has 108 valence electrons. The number of methoxy groups -OCH3 is 1. The highest BCUT2D eigenvalue weighted by atomic mass is 19.4. The molecular formula is C16H11F3O2. The van der Waals surface area contributed by atoms with E-state index in [0.29, 0.717) is 16.9 Å². The predicted molar refractivity (Wildman–Crippen MR) is 73.0 cm³/mol. The van der Waals surface area contributed by atoms with Crippen LogP contribution in [-0.2, 0) is 0 Å². The van der Waals surface area contributed by atoms with Gasteiger partial charge in [0.05, 0.1) is 7.11 Å². The first-order valence-electron chi connectivity index (χ1n) is 5.94. The van der Waals surface area contributed by atoms with E-state index in [2.05, 4.69) is 10.7 Å². The molecule has 0 N–H and O–H groups in total. The maximum absolute atomic E-state index is 12.5. The minimum atomic E-state index is -4.77. The van der Waals surface area contributed by atoms with Crippen LogP contribution in [0.25, 0.3) is 11.1 Å². The Morgan fingerprint density at radius 2 is 1.86 bits per heavy atom. The summed E-state index contributed by atoms with van der Waals surface area (Å²) in [4.78, 5) is 0. The Morgan fingerprint density at radius 1 is 1.10 bits per heavy atom. The Morgan fingerprint density at radius 3 is 2.48 bits per heavy atom. The first kappa shape index (κ1) is 14.8. The summed E-state index contributed by atoms with van der Waals surface area (Å²) in [5.41, 5.74) is 1.23. The van der Waals surface area contributed by atoms with Crippen molar-refractivity contribution < 1.29 is 22.6 Å². The van der Waals surface area contributed by atoms with Crippen molar-refractivity contribution in [3.05, 3.63) is 48.0 Å². The number of halogens is 3. The first-order chi connectivity index (χ1) is 9.93. The van der Waals surface area contributed by atoms with Crippen molar-refractivity contribution in [3.8, 4) is 35.0 Å². The quantitative estimate of drug-likeness (QED) is 0.788. The molecule has 2 aromatic rings. The van der Waals surface area contributed by atoms with Gasteiger partial charge in [-0.2, -0.15) is 0 Å². The lowest BCUT2D eigenvalue weighted by Gasteiger charge is -2.14. The van der Waals surface area contributed by atoms with E-state index in [0.717, 1.165) is 0 Å². The van der Waals surface area contributed by atoms with E-state index in [1.165, 1.54) is 25.3 Å². The number of benzene rings is 2. The summed E-state index contributed by atoms with van der Waals surface area (Å²) in [5, 5.41) is 0. The van der Waals surface area contributed by atoms with Crippen LogP contribution in [0.3, 0.4) is 0 Å². The molecule has 0 aromatic heterocycles. The van der Waals surface area contributed by atoms with Crippen molar-refractivity contribution in [2.75, 3.05) is 7.11 Å². The largest absolute Gasteiger partial charge is 0.573 e. The van der Waals surface area contributed by atoms with Gasteiger partial charge in [0, 0.05) is 11.1 Å². The fourth-order valence-corrected chi connectivity index (χ4v) is 1.85. The number of alkyl halides is 3. The van der Waals surface area contributed by atoms with Crippen molar-refractivity contribution in [1.82, 2.24) is 0 Å². The fraction of sp³-hybridized carbons (Fsp3) is 0.125. The highest BCUT2D eigenvalue weighted by Gasteiger charge is 2.32. The van der Waals surface area contributed by atoms with E-state index in [1.807, 2.05) is 0 Å². The van der Waals surface area contributed by atoms with Gasteiger partial charge in [-0.15, -0.1) is 19.6 Å². The molecule has 0 fully saturated rings. The summed E-state index contributed by atoms with van der Waals surface area (Å²) >= 11 is 0. The van der Waals surface area contributed by atoms with Crippen LogP contribution in [0.2, 0.25) is 0 Å². The average molecular weight is 292 g/mol. The van der Waals surface area contributed by atoms with Gasteiger partial charge < -0.3 is 9.47 Å². The minimum absolute atomic E-state index is 0.252. The third-order valence-corrected chi connectivity index (χ3v) is 2.75. The van der Waals surface area contributed by atoms with Gasteiger partial charge in [0.2, 0.25) is 0 Å².